The molecule has 1 atom stereocenters. The monoisotopic (exact) mass is 158 g/mol. The average Bonchev–Trinajstić information content (AvgIpc) is 1.86. The van der Waals surface area contributed by atoms with E-state index in [0.717, 1.165) is 6.42 Å². The number of carboxylic acids is 1. The van der Waals surface area contributed by atoms with Crippen LogP contribution >= 0.6 is 0 Å². The minimum Gasteiger partial charge on any atom is -0.481 e. The molecular weight excluding hydrogens is 140 g/mol. The second kappa shape index (κ2) is 6.20. The minimum absolute atomic E-state index is 0.323. The Bertz CT molecular complexity index is 110. The van der Waals surface area contributed by atoms with Gasteiger partial charge in [0, 0.05) is 6.42 Å². The molecular formula is C9H18O2. The average molecular weight is 158 g/mol. The van der Waals surface area contributed by atoms with Crippen molar-refractivity contribution < 1.29 is 9.90 Å². The summed E-state index contributed by atoms with van der Waals surface area (Å²) < 4.78 is 0. The fourth-order valence-corrected chi connectivity index (χ4v) is 1.14. The summed E-state index contributed by atoms with van der Waals surface area (Å²) in [6, 6.07) is 0. The summed E-state index contributed by atoms with van der Waals surface area (Å²) in [6.45, 7) is 4.16. The molecule has 0 fully saturated rings. The lowest BCUT2D eigenvalue weighted by Gasteiger charge is -2.06. The molecule has 0 spiro atoms. The molecule has 0 aliphatic rings. The lowest BCUT2D eigenvalue weighted by molar-refractivity contribution is -0.138. The topological polar surface area (TPSA) is 37.3 Å². The molecule has 0 saturated heterocycles. The van der Waals surface area contributed by atoms with E-state index in [4.69, 9.17) is 5.11 Å². The molecule has 0 radical (unpaired) electrons. The van der Waals surface area contributed by atoms with Gasteiger partial charge in [-0.2, -0.15) is 0 Å². The Kier molecular flexibility index (Phi) is 5.90. The number of carbonyl (C=O) groups is 1. The van der Waals surface area contributed by atoms with Gasteiger partial charge in [0.1, 0.15) is 0 Å². The van der Waals surface area contributed by atoms with Crippen LogP contribution < -0.4 is 0 Å². The van der Waals surface area contributed by atoms with Gasteiger partial charge in [-0.05, 0) is 5.92 Å². The number of hydrogen-bond donors (Lipinski definition) is 1. The van der Waals surface area contributed by atoms with E-state index in [0.29, 0.717) is 12.3 Å². The standard InChI is InChI=1S/C9H18O2/c1-3-4-5-6-8(2)7-9(10)11/h8H,3-7H2,1-2H3,(H,10,11)/t8-/m0/s1. The summed E-state index contributed by atoms with van der Waals surface area (Å²) in [6.07, 6.45) is 4.98. The molecule has 0 aromatic carbocycles. The Morgan fingerprint density at radius 1 is 1.45 bits per heavy atom. The zero-order chi connectivity index (χ0) is 8.69. The van der Waals surface area contributed by atoms with Crippen molar-refractivity contribution in [1.29, 1.82) is 0 Å². The van der Waals surface area contributed by atoms with Crippen molar-refractivity contribution in [3.8, 4) is 0 Å². The SMILES string of the molecule is CCCCC[C@H](C)CC(=O)O. The van der Waals surface area contributed by atoms with Crippen LogP contribution in [0.5, 0.6) is 0 Å². The van der Waals surface area contributed by atoms with Gasteiger partial charge in [0.15, 0.2) is 0 Å². The molecule has 11 heavy (non-hydrogen) atoms. The number of rotatable bonds is 6. The van der Waals surface area contributed by atoms with Crippen LogP contribution in [-0.2, 0) is 4.79 Å². The van der Waals surface area contributed by atoms with E-state index in [1.54, 1.807) is 0 Å². The molecule has 0 bridgehead atoms. The predicted molar refractivity (Wildman–Crippen MR) is 45.6 cm³/mol. The first-order chi connectivity index (χ1) is 5.16. The molecule has 2 heteroatoms. The first kappa shape index (κ1) is 10.5. The van der Waals surface area contributed by atoms with Crippen molar-refractivity contribution in [1.82, 2.24) is 0 Å². The summed E-state index contributed by atoms with van der Waals surface area (Å²) in [5.74, 6) is -0.326. The van der Waals surface area contributed by atoms with Gasteiger partial charge in [-0.1, -0.05) is 39.5 Å². The molecule has 2 nitrogen and oxygen atoms in total. The Balaban J connectivity index is 3.22. The third-order valence-corrected chi connectivity index (χ3v) is 1.82. The van der Waals surface area contributed by atoms with Crippen molar-refractivity contribution in [2.24, 2.45) is 5.92 Å². The largest absolute Gasteiger partial charge is 0.481 e. The molecule has 0 heterocycles. The summed E-state index contributed by atoms with van der Waals surface area (Å²) in [7, 11) is 0. The van der Waals surface area contributed by atoms with Gasteiger partial charge in [0.2, 0.25) is 0 Å². The molecule has 66 valence electrons. The lowest BCUT2D eigenvalue weighted by atomic mass is 10.0. The fraction of sp³-hybridized carbons (Fsp3) is 0.889. The maximum absolute atomic E-state index is 10.2. The normalized spacial score (nSPS) is 12.9. The van der Waals surface area contributed by atoms with Crippen molar-refractivity contribution in [3.63, 3.8) is 0 Å². The van der Waals surface area contributed by atoms with Crippen LogP contribution in [0.1, 0.15) is 46.0 Å². The lowest BCUT2D eigenvalue weighted by Crippen LogP contribution is -2.03. The van der Waals surface area contributed by atoms with Crippen molar-refractivity contribution in [2.75, 3.05) is 0 Å². The zero-order valence-electron chi connectivity index (χ0n) is 7.47. The Labute approximate surface area is 68.6 Å². The molecule has 0 saturated carbocycles. The van der Waals surface area contributed by atoms with Gasteiger partial charge >= 0.3 is 5.97 Å². The van der Waals surface area contributed by atoms with Crippen LogP contribution in [-0.4, -0.2) is 11.1 Å². The van der Waals surface area contributed by atoms with E-state index >= 15 is 0 Å². The molecule has 0 aliphatic heterocycles. The number of unbranched alkanes of at least 4 members (excludes halogenated alkanes) is 2. The van der Waals surface area contributed by atoms with Crippen molar-refractivity contribution in [2.45, 2.75) is 46.0 Å². The maximum atomic E-state index is 10.2. The smallest absolute Gasteiger partial charge is 0.303 e. The Morgan fingerprint density at radius 3 is 2.55 bits per heavy atom. The van der Waals surface area contributed by atoms with E-state index in [9.17, 15) is 4.79 Å². The highest BCUT2D eigenvalue weighted by Crippen LogP contribution is 2.12. The van der Waals surface area contributed by atoms with Gasteiger partial charge in [0.25, 0.3) is 0 Å². The number of hydrogen-bond acceptors (Lipinski definition) is 1. The van der Waals surface area contributed by atoms with Crippen LogP contribution in [0.25, 0.3) is 0 Å². The second-order valence-corrected chi connectivity index (χ2v) is 3.20. The molecule has 0 unspecified atom stereocenters. The molecule has 1 N–H and O–H groups in total. The van der Waals surface area contributed by atoms with Crippen molar-refractivity contribution >= 4 is 5.97 Å². The van der Waals surface area contributed by atoms with E-state index in [1.807, 2.05) is 6.92 Å². The highest BCUT2D eigenvalue weighted by atomic mass is 16.4. The molecule has 0 rings (SSSR count). The van der Waals surface area contributed by atoms with Gasteiger partial charge in [-0.15, -0.1) is 0 Å². The first-order valence-corrected chi connectivity index (χ1v) is 4.38. The fourth-order valence-electron chi connectivity index (χ4n) is 1.14. The van der Waals surface area contributed by atoms with E-state index in [1.165, 1.54) is 19.3 Å². The quantitative estimate of drug-likeness (QED) is 0.603. The first-order valence-electron chi connectivity index (χ1n) is 4.38. The van der Waals surface area contributed by atoms with Gasteiger partial charge in [0.05, 0.1) is 0 Å². The third-order valence-electron chi connectivity index (χ3n) is 1.82. The van der Waals surface area contributed by atoms with Gasteiger partial charge < -0.3 is 5.11 Å². The van der Waals surface area contributed by atoms with E-state index < -0.39 is 5.97 Å². The zero-order valence-corrected chi connectivity index (χ0v) is 7.47. The van der Waals surface area contributed by atoms with Crippen LogP contribution in [0.15, 0.2) is 0 Å². The predicted octanol–water partition coefficient (Wildman–Crippen LogP) is 2.68. The van der Waals surface area contributed by atoms with Crippen LogP contribution in [0.2, 0.25) is 0 Å². The summed E-state index contributed by atoms with van der Waals surface area (Å²) in [5.41, 5.74) is 0. The van der Waals surface area contributed by atoms with Crippen LogP contribution in [0.4, 0.5) is 0 Å². The summed E-state index contributed by atoms with van der Waals surface area (Å²) >= 11 is 0. The number of aliphatic carboxylic acids is 1. The molecule has 0 amide bonds. The Hall–Kier alpha value is -0.530. The molecule has 0 aromatic rings. The molecule has 0 aromatic heterocycles. The van der Waals surface area contributed by atoms with Crippen LogP contribution in [0, 0.1) is 5.92 Å². The van der Waals surface area contributed by atoms with E-state index in [2.05, 4.69) is 6.92 Å². The maximum Gasteiger partial charge on any atom is 0.303 e. The molecule has 0 aliphatic carbocycles. The summed E-state index contributed by atoms with van der Waals surface area (Å²) in [5, 5.41) is 8.44. The third kappa shape index (κ3) is 7.37. The van der Waals surface area contributed by atoms with Crippen LogP contribution in [0.3, 0.4) is 0 Å². The van der Waals surface area contributed by atoms with E-state index in [-0.39, 0.29) is 0 Å². The van der Waals surface area contributed by atoms with Crippen molar-refractivity contribution in [3.05, 3.63) is 0 Å². The highest BCUT2D eigenvalue weighted by molar-refractivity contribution is 5.66. The number of carboxylic acid groups (broad SMARTS) is 1. The highest BCUT2D eigenvalue weighted by Gasteiger charge is 2.05. The van der Waals surface area contributed by atoms with Gasteiger partial charge in [-0.3, -0.25) is 4.79 Å². The second-order valence-electron chi connectivity index (χ2n) is 3.20. The van der Waals surface area contributed by atoms with Gasteiger partial charge in [-0.25, -0.2) is 0 Å². The summed E-state index contributed by atoms with van der Waals surface area (Å²) in [4.78, 5) is 10.2. The Morgan fingerprint density at radius 2 is 2.09 bits per heavy atom. The minimum atomic E-state index is -0.672.